The summed E-state index contributed by atoms with van der Waals surface area (Å²) >= 11 is 0. The van der Waals surface area contributed by atoms with Gasteiger partial charge in [-0.2, -0.15) is 0 Å². The van der Waals surface area contributed by atoms with Crippen LogP contribution >= 0.6 is 0 Å². The van der Waals surface area contributed by atoms with Crippen LogP contribution in [0.2, 0.25) is 0 Å². The molecule has 0 nitrogen and oxygen atoms in total. The van der Waals surface area contributed by atoms with E-state index in [0.717, 1.165) is 5.92 Å². The molecule has 0 heteroatoms. The Labute approximate surface area is 114 Å². The smallest absolute Gasteiger partial charge is 0.0279 e. The highest BCUT2D eigenvalue weighted by molar-refractivity contribution is 5.14. The van der Waals surface area contributed by atoms with E-state index in [4.69, 9.17) is 0 Å². The summed E-state index contributed by atoms with van der Waals surface area (Å²) in [5, 5.41) is 0. The van der Waals surface area contributed by atoms with Gasteiger partial charge in [0.2, 0.25) is 0 Å². The minimum atomic E-state index is 0.841. The van der Waals surface area contributed by atoms with Gasteiger partial charge in [0.25, 0.3) is 0 Å². The van der Waals surface area contributed by atoms with E-state index in [0.29, 0.717) is 0 Å². The first-order valence-corrected chi connectivity index (χ1v) is 7.35. The fourth-order valence-electron chi connectivity index (χ4n) is 1.71. The molecule has 0 heterocycles. The summed E-state index contributed by atoms with van der Waals surface area (Å²) in [4.78, 5) is 0. The number of allylic oxidation sites excluding steroid dienone is 1. The molecule has 0 fully saturated rings. The largest absolute Gasteiger partial charge is 0.103 e. The lowest BCUT2D eigenvalue weighted by Crippen LogP contribution is -1.90. The number of unbranched alkanes of at least 4 members (excludes halogenated alkanes) is 2. The van der Waals surface area contributed by atoms with E-state index in [1.54, 1.807) is 0 Å². The fourth-order valence-corrected chi connectivity index (χ4v) is 1.71. The van der Waals surface area contributed by atoms with Gasteiger partial charge in [-0.15, -0.1) is 6.58 Å². The zero-order valence-corrected chi connectivity index (χ0v) is 12.5. The molecule has 0 bridgehead atoms. The Morgan fingerprint density at radius 3 is 2.22 bits per heavy atom. The molecule has 1 aromatic rings. The Kier molecular flexibility index (Phi) is 11.7. The van der Waals surface area contributed by atoms with Gasteiger partial charge in [-0.25, -0.2) is 0 Å². The highest BCUT2D eigenvalue weighted by atomic mass is 14.0. The maximum atomic E-state index is 3.60. The minimum absolute atomic E-state index is 0.841. The van der Waals surface area contributed by atoms with Crippen molar-refractivity contribution in [3.8, 4) is 0 Å². The lowest BCUT2D eigenvalue weighted by atomic mass is 10.0. The molecule has 18 heavy (non-hydrogen) atoms. The third kappa shape index (κ3) is 11.4. The van der Waals surface area contributed by atoms with Crippen LogP contribution in [0.3, 0.4) is 0 Å². The fraction of sp³-hybridized carbons (Fsp3) is 0.556. The summed E-state index contributed by atoms with van der Waals surface area (Å²) in [5.41, 5.74) is 1.47. The van der Waals surface area contributed by atoms with Crippen LogP contribution in [0, 0.1) is 5.92 Å². The normalized spacial score (nSPS) is 9.78. The Morgan fingerprint density at radius 1 is 1.11 bits per heavy atom. The van der Waals surface area contributed by atoms with Crippen molar-refractivity contribution in [3.05, 3.63) is 48.6 Å². The topological polar surface area (TPSA) is 0 Å². The molecule has 0 radical (unpaired) electrons. The Bertz CT molecular complexity index is 271. The van der Waals surface area contributed by atoms with E-state index in [1.807, 2.05) is 6.08 Å². The van der Waals surface area contributed by atoms with Crippen LogP contribution in [0.15, 0.2) is 43.0 Å². The maximum absolute atomic E-state index is 3.60. The quantitative estimate of drug-likeness (QED) is 0.407. The van der Waals surface area contributed by atoms with Crippen molar-refractivity contribution in [2.24, 2.45) is 5.92 Å². The molecule has 102 valence electrons. The second kappa shape index (κ2) is 12.4. The minimum Gasteiger partial charge on any atom is -0.103 e. The van der Waals surface area contributed by atoms with Gasteiger partial charge in [0, 0.05) is 0 Å². The summed E-state index contributed by atoms with van der Waals surface area (Å²) < 4.78 is 0. The highest BCUT2D eigenvalue weighted by Crippen LogP contribution is 2.09. The molecule has 1 rings (SSSR count). The monoisotopic (exact) mass is 246 g/mol. The van der Waals surface area contributed by atoms with Crippen molar-refractivity contribution < 1.29 is 0 Å². The molecule has 0 N–H and O–H groups in total. The average Bonchev–Trinajstić information content (AvgIpc) is 2.38. The van der Waals surface area contributed by atoms with Crippen molar-refractivity contribution in [2.75, 3.05) is 0 Å². The zero-order chi connectivity index (χ0) is 13.6. The molecule has 0 aliphatic carbocycles. The first-order valence-electron chi connectivity index (χ1n) is 7.35. The second-order valence-corrected chi connectivity index (χ2v) is 5.20. The second-order valence-electron chi connectivity index (χ2n) is 5.20. The van der Waals surface area contributed by atoms with Gasteiger partial charge in [-0.1, -0.05) is 76.4 Å². The van der Waals surface area contributed by atoms with Gasteiger partial charge in [0.15, 0.2) is 0 Å². The van der Waals surface area contributed by atoms with E-state index in [-0.39, 0.29) is 0 Å². The van der Waals surface area contributed by atoms with Crippen molar-refractivity contribution in [2.45, 2.75) is 59.3 Å². The van der Waals surface area contributed by atoms with Gasteiger partial charge in [-0.3, -0.25) is 0 Å². The average molecular weight is 246 g/mol. The van der Waals surface area contributed by atoms with Crippen molar-refractivity contribution in [1.82, 2.24) is 0 Å². The van der Waals surface area contributed by atoms with Crippen molar-refractivity contribution >= 4 is 0 Å². The van der Waals surface area contributed by atoms with E-state index in [1.165, 1.54) is 44.1 Å². The third-order valence-corrected chi connectivity index (χ3v) is 2.85. The first-order chi connectivity index (χ1) is 8.70. The molecule has 0 aromatic heterocycles. The third-order valence-electron chi connectivity index (χ3n) is 2.85. The Hall–Kier alpha value is -1.04. The van der Waals surface area contributed by atoms with Crippen LogP contribution < -0.4 is 0 Å². The highest BCUT2D eigenvalue weighted by Gasteiger charge is 1.94. The van der Waals surface area contributed by atoms with E-state index >= 15 is 0 Å². The molecular formula is C18H30. The summed E-state index contributed by atoms with van der Waals surface area (Å²) in [6.07, 6.45) is 9.62. The van der Waals surface area contributed by atoms with Crippen LogP contribution in [-0.2, 0) is 6.42 Å². The molecule has 0 spiro atoms. The summed E-state index contributed by atoms with van der Waals surface area (Å²) in [7, 11) is 0. The number of rotatable bonds is 7. The Morgan fingerprint density at radius 2 is 1.78 bits per heavy atom. The summed E-state index contributed by atoms with van der Waals surface area (Å²) in [6, 6.07) is 10.7. The number of hydrogen-bond acceptors (Lipinski definition) is 0. The van der Waals surface area contributed by atoms with E-state index in [9.17, 15) is 0 Å². The zero-order valence-electron chi connectivity index (χ0n) is 12.5. The van der Waals surface area contributed by atoms with Crippen LogP contribution in [0.1, 0.15) is 58.4 Å². The maximum Gasteiger partial charge on any atom is -0.0279 e. The first kappa shape index (κ1) is 17.0. The van der Waals surface area contributed by atoms with Crippen molar-refractivity contribution in [1.29, 1.82) is 0 Å². The standard InChI is InChI=1S/C12H18.C6H12/c1-11(2)7-6-10-12-8-4-3-5-9-12;1-3-5-6-4-2/h3-5,8-9,11H,6-7,10H2,1-2H3;3H,1,4-6H2,2H3. The SMILES string of the molecule is C=CCCCC.CC(C)CCCc1ccccc1. The van der Waals surface area contributed by atoms with Gasteiger partial charge in [0.05, 0.1) is 0 Å². The van der Waals surface area contributed by atoms with E-state index in [2.05, 4.69) is 57.7 Å². The molecular weight excluding hydrogens is 216 g/mol. The van der Waals surface area contributed by atoms with Crippen LogP contribution in [0.4, 0.5) is 0 Å². The Balaban J connectivity index is 0.000000411. The molecule has 0 unspecified atom stereocenters. The lowest BCUT2D eigenvalue weighted by Gasteiger charge is -2.03. The number of benzene rings is 1. The van der Waals surface area contributed by atoms with Crippen molar-refractivity contribution in [3.63, 3.8) is 0 Å². The summed E-state index contributed by atoms with van der Waals surface area (Å²) in [5.74, 6) is 0.841. The number of hydrogen-bond donors (Lipinski definition) is 0. The molecule has 0 saturated heterocycles. The van der Waals surface area contributed by atoms with Gasteiger partial charge >= 0.3 is 0 Å². The van der Waals surface area contributed by atoms with Gasteiger partial charge in [0.1, 0.15) is 0 Å². The van der Waals surface area contributed by atoms with Gasteiger partial charge < -0.3 is 0 Å². The predicted octanol–water partition coefficient (Wildman–Crippen LogP) is 6.03. The molecule has 0 amide bonds. The summed E-state index contributed by atoms with van der Waals surface area (Å²) in [6.45, 7) is 10.3. The molecule has 0 atom stereocenters. The molecule has 0 saturated carbocycles. The molecule has 1 aromatic carbocycles. The van der Waals surface area contributed by atoms with Crippen LogP contribution in [0.5, 0.6) is 0 Å². The molecule has 0 aliphatic heterocycles. The predicted molar refractivity (Wildman–Crippen MR) is 83.9 cm³/mol. The lowest BCUT2D eigenvalue weighted by molar-refractivity contribution is 0.556. The van der Waals surface area contributed by atoms with Crippen LogP contribution in [0.25, 0.3) is 0 Å². The van der Waals surface area contributed by atoms with E-state index < -0.39 is 0 Å². The van der Waals surface area contributed by atoms with Gasteiger partial charge in [-0.05, 0) is 30.7 Å². The number of aryl methyl sites for hydroxylation is 1. The molecule has 0 aliphatic rings. The van der Waals surface area contributed by atoms with Crippen LogP contribution in [-0.4, -0.2) is 0 Å².